The molecule has 1 aromatic carbocycles. The third kappa shape index (κ3) is 2.39. The summed E-state index contributed by atoms with van der Waals surface area (Å²) < 4.78 is 14.5. The Kier molecular flexibility index (Phi) is 3.85. The highest BCUT2D eigenvalue weighted by molar-refractivity contribution is 5.83. The van der Waals surface area contributed by atoms with Crippen molar-refractivity contribution < 1.29 is 9.18 Å². The van der Waals surface area contributed by atoms with Crippen molar-refractivity contribution in [1.29, 1.82) is 0 Å². The van der Waals surface area contributed by atoms with E-state index in [2.05, 4.69) is 15.5 Å². The van der Waals surface area contributed by atoms with Gasteiger partial charge in [0, 0.05) is 19.1 Å². The van der Waals surface area contributed by atoms with E-state index in [1.165, 1.54) is 6.07 Å². The number of hydrogen-bond acceptors (Lipinski definition) is 3. The van der Waals surface area contributed by atoms with Crippen molar-refractivity contribution >= 4 is 11.6 Å². The number of amides is 1. The molecule has 5 heteroatoms. The van der Waals surface area contributed by atoms with Gasteiger partial charge in [-0.2, -0.15) is 0 Å². The van der Waals surface area contributed by atoms with Crippen LogP contribution >= 0.6 is 0 Å². The zero-order chi connectivity index (χ0) is 15.0. The highest BCUT2D eigenvalue weighted by Gasteiger charge is 2.42. The van der Waals surface area contributed by atoms with E-state index in [1.54, 1.807) is 6.07 Å². The fourth-order valence-electron chi connectivity index (χ4n) is 3.57. The van der Waals surface area contributed by atoms with Gasteiger partial charge in [-0.25, -0.2) is 4.39 Å². The molecule has 3 rings (SSSR count). The van der Waals surface area contributed by atoms with Crippen LogP contribution in [0.15, 0.2) is 18.2 Å². The number of carbonyl (C=O) groups is 1. The minimum absolute atomic E-state index is 0.00361. The summed E-state index contributed by atoms with van der Waals surface area (Å²) in [6.07, 6.45) is 1.83. The van der Waals surface area contributed by atoms with E-state index in [4.69, 9.17) is 0 Å². The molecule has 3 unspecified atom stereocenters. The number of carbonyl (C=O) groups excluding carboxylic acids is 1. The van der Waals surface area contributed by atoms with Crippen LogP contribution in [-0.2, 0) is 4.79 Å². The molecule has 0 aromatic heterocycles. The van der Waals surface area contributed by atoms with E-state index in [1.807, 2.05) is 20.0 Å². The van der Waals surface area contributed by atoms with E-state index >= 15 is 0 Å². The van der Waals surface area contributed by atoms with Gasteiger partial charge in [0.2, 0.25) is 5.91 Å². The summed E-state index contributed by atoms with van der Waals surface area (Å²) >= 11 is 0. The first-order valence-corrected chi connectivity index (χ1v) is 7.63. The van der Waals surface area contributed by atoms with Gasteiger partial charge in [-0.3, -0.25) is 4.79 Å². The van der Waals surface area contributed by atoms with Crippen molar-refractivity contribution in [3.63, 3.8) is 0 Å². The molecule has 21 heavy (non-hydrogen) atoms. The molecule has 0 aliphatic carbocycles. The number of piperidine rings is 1. The molecule has 4 nitrogen and oxygen atoms in total. The third-order valence-electron chi connectivity index (χ3n) is 4.81. The Morgan fingerprint density at radius 1 is 1.48 bits per heavy atom. The number of anilines is 1. The van der Waals surface area contributed by atoms with Crippen molar-refractivity contribution in [3.05, 3.63) is 29.6 Å². The Morgan fingerprint density at radius 2 is 2.29 bits per heavy atom. The zero-order valence-corrected chi connectivity index (χ0v) is 12.5. The van der Waals surface area contributed by atoms with E-state index in [-0.39, 0.29) is 29.7 Å². The van der Waals surface area contributed by atoms with Gasteiger partial charge in [-0.15, -0.1) is 0 Å². The van der Waals surface area contributed by atoms with Gasteiger partial charge in [0.15, 0.2) is 0 Å². The second-order valence-electron chi connectivity index (χ2n) is 5.94. The number of benzene rings is 1. The standard InChI is InChI=1S/C16H22FN3O/c1-10(18-2)11-5-3-7-13(17)15(11)20-8-4-6-12-14(20)9-19-16(12)21/h3,5,7,10,12,14,18H,4,6,8-9H2,1-2H3,(H,19,21). The predicted octanol–water partition coefficient (Wildman–Crippen LogP) is 1.82. The first kappa shape index (κ1) is 14.3. The van der Waals surface area contributed by atoms with Crippen LogP contribution in [0.25, 0.3) is 0 Å². The maximum atomic E-state index is 14.5. The maximum Gasteiger partial charge on any atom is 0.225 e. The van der Waals surface area contributed by atoms with Crippen LogP contribution in [0.5, 0.6) is 0 Å². The number of para-hydroxylation sites is 1. The average molecular weight is 291 g/mol. The Hall–Kier alpha value is -1.62. The molecule has 0 saturated carbocycles. The fraction of sp³-hybridized carbons (Fsp3) is 0.562. The van der Waals surface area contributed by atoms with Crippen LogP contribution in [-0.4, -0.2) is 32.1 Å². The second-order valence-corrected chi connectivity index (χ2v) is 5.94. The van der Waals surface area contributed by atoms with Crippen molar-refractivity contribution in [1.82, 2.24) is 10.6 Å². The summed E-state index contributed by atoms with van der Waals surface area (Å²) in [5.74, 6) is -0.0880. The predicted molar refractivity (Wildman–Crippen MR) is 80.7 cm³/mol. The molecular weight excluding hydrogens is 269 g/mol. The topological polar surface area (TPSA) is 44.4 Å². The van der Waals surface area contributed by atoms with Crippen LogP contribution < -0.4 is 15.5 Å². The van der Waals surface area contributed by atoms with Crippen LogP contribution in [0.4, 0.5) is 10.1 Å². The van der Waals surface area contributed by atoms with Gasteiger partial charge in [0.05, 0.1) is 17.6 Å². The molecule has 2 aliphatic heterocycles. The van der Waals surface area contributed by atoms with Gasteiger partial charge in [0.1, 0.15) is 5.82 Å². The number of hydrogen-bond donors (Lipinski definition) is 2. The molecular formula is C16H22FN3O. The summed E-state index contributed by atoms with van der Waals surface area (Å²) in [4.78, 5) is 14.0. The summed E-state index contributed by atoms with van der Waals surface area (Å²) in [6.45, 7) is 3.45. The lowest BCUT2D eigenvalue weighted by Gasteiger charge is -2.39. The molecule has 114 valence electrons. The van der Waals surface area contributed by atoms with Crippen molar-refractivity contribution in [2.24, 2.45) is 5.92 Å². The second kappa shape index (κ2) is 5.64. The summed E-state index contributed by atoms with van der Waals surface area (Å²) in [6, 6.07) is 5.37. The van der Waals surface area contributed by atoms with Gasteiger partial charge in [-0.1, -0.05) is 12.1 Å². The molecule has 0 radical (unpaired) electrons. The van der Waals surface area contributed by atoms with Gasteiger partial charge in [0.25, 0.3) is 0 Å². The van der Waals surface area contributed by atoms with Gasteiger partial charge >= 0.3 is 0 Å². The largest absolute Gasteiger partial charge is 0.363 e. The SMILES string of the molecule is CNC(C)c1cccc(F)c1N1CCCC2C(=O)NCC21. The molecule has 2 aliphatic rings. The normalized spacial score (nSPS) is 26.4. The summed E-state index contributed by atoms with van der Waals surface area (Å²) in [5, 5.41) is 6.11. The molecule has 2 heterocycles. The molecule has 2 fully saturated rings. The van der Waals surface area contributed by atoms with Gasteiger partial charge in [-0.05, 0) is 38.4 Å². The smallest absolute Gasteiger partial charge is 0.225 e. The van der Waals surface area contributed by atoms with Crippen molar-refractivity contribution in [3.8, 4) is 0 Å². The van der Waals surface area contributed by atoms with Crippen LogP contribution in [0.2, 0.25) is 0 Å². The minimum atomic E-state index is -0.199. The zero-order valence-electron chi connectivity index (χ0n) is 12.5. The van der Waals surface area contributed by atoms with E-state index < -0.39 is 0 Å². The third-order valence-corrected chi connectivity index (χ3v) is 4.81. The van der Waals surface area contributed by atoms with Crippen molar-refractivity contribution in [2.45, 2.75) is 31.8 Å². The molecule has 1 aromatic rings. The quantitative estimate of drug-likeness (QED) is 0.893. The highest BCUT2D eigenvalue weighted by atomic mass is 19.1. The number of rotatable bonds is 3. The first-order valence-electron chi connectivity index (χ1n) is 7.63. The van der Waals surface area contributed by atoms with Crippen molar-refractivity contribution in [2.75, 3.05) is 25.0 Å². The number of nitrogens with one attached hydrogen (secondary N) is 2. The van der Waals surface area contributed by atoms with Crippen LogP contribution in [0.1, 0.15) is 31.4 Å². The summed E-state index contributed by atoms with van der Waals surface area (Å²) in [7, 11) is 1.87. The number of fused-ring (bicyclic) bond motifs is 1. The highest BCUT2D eigenvalue weighted by Crippen LogP contribution is 2.36. The molecule has 3 atom stereocenters. The molecule has 1 amide bonds. The summed E-state index contributed by atoms with van der Waals surface area (Å²) in [5.41, 5.74) is 1.61. The Labute approximate surface area is 124 Å². The molecule has 0 bridgehead atoms. The van der Waals surface area contributed by atoms with Gasteiger partial charge < -0.3 is 15.5 Å². The van der Waals surface area contributed by atoms with E-state index in [0.717, 1.165) is 24.9 Å². The van der Waals surface area contributed by atoms with E-state index in [0.29, 0.717) is 12.2 Å². The molecule has 0 spiro atoms. The van der Waals surface area contributed by atoms with Crippen LogP contribution in [0.3, 0.4) is 0 Å². The Morgan fingerprint density at radius 3 is 3.05 bits per heavy atom. The Balaban J connectivity index is 2.01. The monoisotopic (exact) mass is 291 g/mol. The lowest BCUT2D eigenvalue weighted by molar-refractivity contribution is -0.123. The first-order chi connectivity index (χ1) is 10.1. The molecule has 2 saturated heterocycles. The lowest BCUT2D eigenvalue weighted by Crippen LogP contribution is -2.46. The van der Waals surface area contributed by atoms with E-state index in [9.17, 15) is 9.18 Å². The molecule has 2 N–H and O–H groups in total. The number of halogens is 1. The fourth-order valence-corrected chi connectivity index (χ4v) is 3.57. The number of nitrogens with zero attached hydrogens (tertiary/aromatic N) is 1. The minimum Gasteiger partial charge on any atom is -0.363 e. The average Bonchev–Trinajstić information content (AvgIpc) is 2.88. The Bertz CT molecular complexity index is 548. The maximum absolute atomic E-state index is 14.5. The lowest BCUT2D eigenvalue weighted by atomic mass is 9.90. The van der Waals surface area contributed by atoms with Crippen LogP contribution in [0, 0.1) is 11.7 Å².